The van der Waals surface area contributed by atoms with Crippen molar-refractivity contribution in [2.45, 2.75) is 31.7 Å². The molecule has 1 aliphatic heterocycles. The molecule has 4 rings (SSSR count). The van der Waals surface area contributed by atoms with E-state index in [1.807, 2.05) is 0 Å². The Bertz CT molecular complexity index is 1050. The minimum atomic E-state index is -0.726. The summed E-state index contributed by atoms with van der Waals surface area (Å²) in [6.07, 6.45) is 2.80. The number of hydrogen-bond acceptors (Lipinski definition) is 4. The van der Waals surface area contributed by atoms with Crippen LogP contribution in [0.5, 0.6) is 0 Å². The maximum absolute atomic E-state index is 14.7. The van der Waals surface area contributed by atoms with Gasteiger partial charge in [0.1, 0.15) is 18.2 Å². The van der Waals surface area contributed by atoms with Gasteiger partial charge in [-0.15, -0.1) is 0 Å². The molecular weight excluding hydrogens is 428 g/mol. The van der Waals surface area contributed by atoms with Crippen molar-refractivity contribution in [3.05, 3.63) is 71.3 Å². The first kappa shape index (κ1) is 23.0. The Morgan fingerprint density at radius 2 is 1.79 bits per heavy atom. The zero-order valence-corrected chi connectivity index (χ0v) is 18.5. The van der Waals surface area contributed by atoms with E-state index in [-0.39, 0.29) is 36.9 Å². The van der Waals surface area contributed by atoms with Crippen molar-refractivity contribution >= 4 is 17.5 Å². The van der Waals surface area contributed by atoms with Crippen molar-refractivity contribution in [3.8, 4) is 0 Å². The largest absolute Gasteiger partial charge is 0.383 e. The van der Waals surface area contributed by atoms with Crippen molar-refractivity contribution in [2.24, 2.45) is 11.0 Å². The molecule has 33 heavy (non-hydrogen) atoms. The van der Waals surface area contributed by atoms with Gasteiger partial charge in [-0.3, -0.25) is 9.59 Å². The number of carbonyl (C=O) groups excluding carboxylic acids is 2. The van der Waals surface area contributed by atoms with Gasteiger partial charge in [-0.1, -0.05) is 42.8 Å². The van der Waals surface area contributed by atoms with Crippen molar-refractivity contribution in [3.63, 3.8) is 0 Å². The summed E-state index contributed by atoms with van der Waals surface area (Å²) in [6, 6.07) is 11.6. The van der Waals surface area contributed by atoms with E-state index >= 15 is 0 Å². The van der Waals surface area contributed by atoms with E-state index < -0.39 is 23.6 Å². The predicted molar refractivity (Wildman–Crippen MR) is 119 cm³/mol. The smallest absolute Gasteiger partial charge is 0.262 e. The molecule has 174 valence electrons. The van der Waals surface area contributed by atoms with Gasteiger partial charge in [0.15, 0.2) is 0 Å². The summed E-state index contributed by atoms with van der Waals surface area (Å²) in [4.78, 5) is 27.7. The van der Waals surface area contributed by atoms with Crippen LogP contribution in [0.3, 0.4) is 0 Å². The van der Waals surface area contributed by atoms with Crippen molar-refractivity contribution in [2.75, 3.05) is 26.8 Å². The number of halogens is 2. The van der Waals surface area contributed by atoms with Crippen LogP contribution in [0.1, 0.15) is 42.9 Å². The van der Waals surface area contributed by atoms with E-state index in [1.165, 1.54) is 29.2 Å². The zero-order chi connectivity index (χ0) is 23.4. The van der Waals surface area contributed by atoms with Gasteiger partial charge in [-0.25, -0.2) is 13.8 Å². The number of hydrogen-bond donors (Lipinski definition) is 0. The maximum atomic E-state index is 14.7. The van der Waals surface area contributed by atoms with Gasteiger partial charge in [0, 0.05) is 37.1 Å². The van der Waals surface area contributed by atoms with E-state index in [4.69, 9.17) is 4.74 Å². The molecule has 0 bridgehead atoms. The van der Waals surface area contributed by atoms with E-state index in [0.717, 1.165) is 19.3 Å². The second-order valence-corrected chi connectivity index (χ2v) is 8.39. The fraction of sp³-hybridized carbons (Fsp3) is 0.400. The monoisotopic (exact) mass is 455 g/mol. The molecule has 0 aromatic heterocycles. The van der Waals surface area contributed by atoms with Crippen LogP contribution in [0.15, 0.2) is 53.6 Å². The van der Waals surface area contributed by atoms with Gasteiger partial charge in [0.25, 0.3) is 5.91 Å². The summed E-state index contributed by atoms with van der Waals surface area (Å²) in [5.41, 5.74) is 0.939. The first-order valence-corrected chi connectivity index (χ1v) is 11.2. The van der Waals surface area contributed by atoms with Gasteiger partial charge in [0.2, 0.25) is 5.91 Å². The summed E-state index contributed by atoms with van der Waals surface area (Å²) < 4.78 is 34.2. The lowest BCUT2D eigenvalue weighted by molar-refractivity contribution is -0.146. The summed E-state index contributed by atoms with van der Waals surface area (Å²) >= 11 is 0. The summed E-state index contributed by atoms with van der Waals surface area (Å²) in [7, 11) is 1.54. The molecule has 2 aromatic carbocycles. The molecule has 0 N–H and O–H groups in total. The van der Waals surface area contributed by atoms with Crippen molar-refractivity contribution in [1.82, 2.24) is 9.91 Å². The second-order valence-electron chi connectivity index (χ2n) is 8.39. The number of methoxy groups -OCH3 is 1. The number of amides is 2. The highest BCUT2D eigenvalue weighted by molar-refractivity contribution is 6.03. The molecule has 1 heterocycles. The maximum Gasteiger partial charge on any atom is 0.262 e. The van der Waals surface area contributed by atoms with E-state index in [0.29, 0.717) is 17.9 Å². The Morgan fingerprint density at radius 1 is 1.09 bits per heavy atom. The topological polar surface area (TPSA) is 62.2 Å². The number of ether oxygens (including phenoxy) is 1. The van der Waals surface area contributed by atoms with Crippen LogP contribution in [0.4, 0.5) is 8.78 Å². The Balaban J connectivity index is 1.62. The molecule has 1 unspecified atom stereocenters. The molecular formula is C25H27F2N3O3. The Labute approximate surface area is 191 Å². The third kappa shape index (κ3) is 4.95. The molecule has 1 fully saturated rings. The van der Waals surface area contributed by atoms with Crippen LogP contribution in [-0.4, -0.2) is 54.2 Å². The van der Waals surface area contributed by atoms with Crippen LogP contribution in [0.2, 0.25) is 0 Å². The molecule has 2 aliphatic rings. The average Bonchev–Trinajstić information content (AvgIpc) is 3.21. The second kappa shape index (κ2) is 10.2. The lowest BCUT2D eigenvalue weighted by Crippen LogP contribution is -2.46. The van der Waals surface area contributed by atoms with Gasteiger partial charge in [-0.2, -0.15) is 5.10 Å². The highest BCUT2D eigenvalue weighted by atomic mass is 19.1. The third-order valence-corrected chi connectivity index (χ3v) is 6.27. The Hall–Kier alpha value is -3.13. The number of carbonyl (C=O) groups is 2. The molecule has 0 spiro atoms. The highest BCUT2D eigenvalue weighted by Crippen LogP contribution is 2.35. The van der Waals surface area contributed by atoms with E-state index in [2.05, 4.69) is 5.10 Å². The quantitative estimate of drug-likeness (QED) is 0.606. The molecule has 1 saturated carbocycles. The molecule has 0 saturated heterocycles. The highest BCUT2D eigenvalue weighted by Gasteiger charge is 2.37. The molecule has 8 heteroatoms. The van der Waals surface area contributed by atoms with Gasteiger partial charge >= 0.3 is 0 Å². The van der Waals surface area contributed by atoms with Crippen molar-refractivity contribution in [1.29, 1.82) is 0 Å². The summed E-state index contributed by atoms with van der Waals surface area (Å²) in [5.74, 6) is -1.52. The number of hydrazone groups is 1. The molecule has 6 nitrogen and oxygen atoms in total. The first-order chi connectivity index (χ1) is 16.0. The predicted octanol–water partition coefficient (Wildman–Crippen LogP) is 3.92. The van der Waals surface area contributed by atoms with Crippen LogP contribution < -0.4 is 0 Å². The van der Waals surface area contributed by atoms with Crippen LogP contribution in [0.25, 0.3) is 0 Å². The lowest BCUT2D eigenvalue weighted by atomic mass is 9.84. The zero-order valence-electron chi connectivity index (χ0n) is 18.5. The minimum Gasteiger partial charge on any atom is -0.383 e. The van der Waals surface area contributed by atoms with Crippen molar-refractivity contribution < 1.29 is 23.1 Å². The average molecular weight is 456 g/mol. The normalized spacial score (nSPS) is 18.1. The first-order valence-electron chi connectivity index (χ1n) is 11.2. The standard InChI is InChI=1S/C25H27F2N3O3/c1-33-14-13-29(25(32)17-7-6-8-17)16-24(31)30-23(19-10-3-5-12-21(19)27)15-22(28-30)18-9-2-4-11-20(18)26/h2-5,9-12,17,23H,6-8,13-16H2,1H3. The van der Waals surface area contributed by atoms with Crippen LogP contribution in [-0.2, 0) is 14.3 Å². The molecule has 2 amide bonds. The molecule has 2 aromatic rings. The molecule has 0 radical (unpaired) electrons. The van der Waals surface area contributed by atoms with Crippen LogP contribution >= 0.6 is 0 Å². The van der Waals surface area contributed by atoms with Gasteiger partial charge in [0.05, 0.1) is 18.4 Å². The molecule has 1 aliphatic carbocycles. The number of benzene rings is 2. The summed E-state index contributed by atoms with van der Waals surface area (Å²) in [5, 5.41) is 5.62. The fourth-order valence-corrected chi connectivity index (χ4v) is 4.20. The Morgan fingerprint density at radius 3 is 2.42 bits per heavy atom. The number of rotatable bonds is 8. The van der Waals surface area contributed by atoms with Gasteiger partial charge < -0.3 is 9.64 Å². The Kier molecular flexibility index (Phi) is 7.13. The van der Waals surface area contributed by atoms with Crippen LogP contribution in [0, 0.1) is 17.6 Å². The summed E-state index contributed by atoms with van der Waals surface area (Å²) in [6.45, 7) is 0.379. The SMILES string of the molecule is COCCN(CC(=O)N1N=C(c2ccccc2F)CC1c1ccccc1F)C(=O)C1CCC1. The minimum absolute atomic E-state index is 0.0759. The molecule has 1 atom stereocenters. The third-order valence-electron chi connectivity index (χ3n) is 6.27. The van der Waals surface area contributed by atoms with Gasteiger partial charge in [-0.05, 0) is 25.0 Å². The fourth-order valence-electron chi connectivity index (χ4n) is 4.20. The van der Waals surface area contributed by atoms with E-state index in [1.54, 1.807) is 36.4 Å². The lowest BCUT2D eigenvalue weighted by Gasteiger charge is -2.32. The van der Waals surface area contributed by atoms with E-state index in [9.17, 15) is 18.4 Å². The number of nitrogens with zero attached hydrogens (tertiary/aromatic N) is 3.